The number of aryl methyl sites for hydroxylation is 6. The topological polar surface area (TPSA) is 311 Å². The second-order valence-corrected chi connectivity index (χ2v) is 33.6. The molecule has 12 aromatic rings. The molecule has 0 aliphatic rings. The summed E-state index contributed by atoms with van der Waals surface area (Å²) in [5.74, 6) is -8.33. The van der Waals surface area contributed by atoms with Crippen molar-refractivity contribution in [3.63, 3.8) is 0 Å². The number of aromatic carboxylic acids is 1. The van der Waals surface area contributed by atoms with Crippen LogP contribution in [0.4, 0.5) is 39.5 Å². The number of ether oxygens (including phenoxy) is 3. The van der Waals surface area contributed by atoms with E-state index in [-0.39, 0.29) is 176 Å². The van der Waals surface area contributed by atoms with Crippen LogP contribution in [0, 0.1) is 82.4 Å². The minimum Gasteiger partial charge on any atom is -0.496 e. The fourth-order valence-corrected chi connectivity index (χ4v) is 15.6. The zero-order valence-electron chi connectivity index (χ0n) is 74.5. The molecule has 4 atom stereocenters. The number of carbonyl (C=O) groups is 4. The van der Waals surface area contributed by atoms with E-state index in [0.29, 0.717) is 79.2 Å². The summed E-state index contributed by atoms with van der Waals surface area (Å²) in [7, 11) is 4.36. The number of hydrogen-bond donors (Lipinski definition) is 5. The van der Waals surface area contributed by atoms with Crippen molar-refractivity contribution in [1.29, 1.82) is 0 Å². The largest absolute Gasteiger partial charge is 0.496 e. The van der Waals surface area contributed by atoms with Gasteiger partial charge in [-0.2, -0.15) is 4.98 Å². The molecule has 130 heavy (non-hydrogen) atoms. The number of pyridine rings is 6. The van der Waals surface area contributed by atoms with E-state index in [9.17, 15) is 103 Å². The monoisotopic (exact) mass is 1810 g/mol. The van der Waals surface area contributed by atoms with Gasteiger partial charge in [0.1, 0.15) is 80.7 Å². The van der Waals surface area contributed by atoms with Gasteiger partial charge in [-0.3, -0.25) is 33.6 Å². The van der Waals surface area contributed by atoms with E-state index in [4.69, 9.17) is 14.2 Å². The molecule has 0 saturated carbocycles. The van der Waals surface area contributed by atoms with Crippen molar-refractivity contribution in [2.24, 2.45) is 23.2 Å². The highest BCUT2D eigenvalue weighted by atomic mass is 19.2. The highest BCUT2D eigenvalue weighted by Crippen LogP contribution is 2.37. The fourth-order valence-electron chi connectivity index (χ4n) is 15.6. The molecule has 0 aliphatic carbocycles. The maximum Gasteiger partial charge on any atom is 0.341 e. The highest BCUT2D eigenvalue weighted by molar-refractivity contribution is 5.99. The zero-order chi connectivity index (χ0) is 95.4. The van der Waals surface area contributed by atoms with Crippen LogP contribution in [-0.4, -0.2) is 125 Å². The molecule has 6 heterocycles. The number of benzene rings is 6. The van der Waals surface area contributed by atoms with Crippen LogP contribution in [0.1, 0.15) is 206 Å². The molecule has 22 nitrogen and oxygen atoms in total. The van der Waals surface area contributed by atoms with E-state index < -0.39 is 121 Å². The summed E-state index contributed by atoms with van der Waals surface area (Å²) in [6.45, 7) is 22.0. The number of nitrogens with zero attached hydrogens (tertiary/aromatic N) is 6. The van der Waals surface area contributed by atoms with Crippen molar-refractivity contribution in [3.05, 3.63) is 294 Å². The number of methoxy groups -OCH3 is 3. The van der Waals surface area contributed by atoms with Gasteiger partial charge in [0, 0.05) is 93.8 Å². The van der Waals surface area contributed by atoms with Gasteiger partial charge in [0.25, 0.3) is 0 Å². The Kier molecular flexibility index (Phi) is 35.0. The van der Waals surface area contributed by atoms with Gasteiger partial charge in [-0.15, -0.1) is 0 Å². The first-order chi connectivity index (χ1) is 60.9. The second-order valence-electron chi connectivity index (χ2n) is 33.6. The standard InChI is InChI=1S/C25H27F3N2O3.C25H27F2NO4.C24H26F2N2O4.C24H25F2NO5.CH4/c1-13-15(6-7-17-20(27)9-16(26)10-21(17)28)8-18-23(33)19(14(2)32)11-30(24(18)29-13)22(12-31)25(3,4)5;1-14(2)23(13-29)28-12-19(15(3)30)25(31)18-10-16(24(32-4)11-22(18)28)8-9-17-20(26)6-5-7-21(17)27;1-13(2)21(12-29)28-11-18(14(3)30)22(31)17-10-15(24(32-4)27-23(17)28)8-9-16-19(25)6-5-7-20(16)26;1-13(2)21(12-28)27-11-18(24(30)31)23(29)17-8-15(22(32-3)10-20(17)27)5-4-14-6-7-16(25)9-19(14)26;/h8-11,22,31H,6-7,12H2,1-5H3;5-7,10-12,14,23,29H,8-9,13H2,1-4H3;5-7,10-11,13,21,29H,8-9,12H2,1-4H3;6-11,13,21,28H,4-5,12H2,1-3H3,(H,30,31);1H4/t22-;23-;2*21-;/m1111./s1. The molecule has 0 radical (unpaired) electrons. The number of aromatic nitrogens is 6. The third-order valence-electron chi connectivity index (χ3n) is 23.1. The number of hydrogen-bond acceptors (Lipinski definition) is 17. The molecule has 31 heteroatoms. The number of ketones is 3. The summed E-state index contributed by atoms with van der Waals surface area (Å²) in [6, 6.07) is 19.9. The third-order valence-corrected chi connectivity index (χ3v) is 23.1. The quantitative estimate of drug-likeness (QED) is 0.0206. The van der Waals surface area contributed by atoms with Crippen molar-refractivity contribution >= 4 is 67.2 Å². The molecule has 6 aromatic heterocycles. The lowest BCUT2D eigenvalue weighted by Crippen LogP contribution is -2.31. The van der Waals surface area contributed by atoms with Gasteiger partial charge in [0.15, 0.2) is 22.8 Å². The van der Waals surface area contributed by atoms with Crippen LogP contribution in [0.3, 0.4) is 0 Å². The summed E-state index contributed by atoms with van der Waals surface area (Å²) < 4.78 is 148. The van der Waals surface area contributed by atoms with E-state index in [1.807, 2.05) is 62.3 Å². The number of carbonyl (C=O) groups excluding carboxylic acids is 3. The molecule has 5 N–H and O–H groups in total. The van der Waals surface area contributed by atoms with Crippen molar-refractivity contribution in [3.8, 4) is 17.4 Å². The van der Waals surface area contributed by atoms with E-state index in [2.05, 4.69) is 9.97 Å². The van der Waals surface area contributed by atoms with Gasteiger partial charge in [0.05, 0.1) is 110 Å². The third kappa shape index (κ3) is 23.0. The molecule has 0 bridgehead atoms. The van der Waals surface area contributed by atoms with Gasteiger partial charge in [0.2, 0.25) is 22.2 Å². The lowest BCUT2D eigenvalue weighted by atomic mass is 9.86. The van der Waals surface area contributed by atoms with Crippen LogP contribution >= 0.6 is 0 Å². The summed E-state index contributed by atoms with van der Waals surface area (Å²) in [5.41, 5.74) is 1.38. The number of Topliss-reactive ketones (excluding diaryl/α,β-unsaturated/α-hetero) is 3. The normalized spacial score (nSPS) is 12.4. The van der Waals surface area contributed by atoms with Crippen molar-refractivity contribution < 1.29 is 98.4 Å². The molecule has 694 valence electrons. The predicted octanol–water partition coefficient (Wildman–Crippen LogP) is 17.6. The van der Waals surface area contributed by atoms with Crippen LogP contribution in [0.15, 0.2) is 147 Å². The molecular formula is C99H109F9N6O16. The summed E-state index contributed by atoms with van der Waals surface area (Å²) in [4.78, 5) is 109. The van der Waals surface area contributed by atoms with E-state index in [1.54, 1.807) is 61.6 Å². The maximum absolute atomic E-state index is 14.1. The van der Waals surface area contributed by atoms with Crippen LogP contribution in [0.25, 0.3) is 43.9 Å². The predicted molar refractivity (Wildman–Crippen MR) is 480 cm³/mol. The Balaban J connectivity index is 0.000000213. The Morgan fingerprint density at radius 3 is 1.13 bits per heavy atom. The minimum absolute atomic E-state index is 0. The van der Waals surface area contributed by atoms with Gasteiger partial charge in [-0.05, 0) is 179 Å². The molecular weight excluding hydrogens is 1700 g/mol. The number of rotatable bonds is 30. The van der Waals surface area contributed by atoms with Crippen molar-refractivity contribution in [2.45, 2.75) is 173 Å². The van der Waals surface area contributed by atoms with Gasteiger partial charge < -0.3 is 58.0 Å². The SMILES string of the molecule is C.CC(=O)c1cn([C@H](CO)C(C)(C)C)c2nc(C)c(CCc3c(F)cc(F)cc3F)cc2c1=O.COc1cc2c(cc1CCc1c(F)cccc1F)c(=O)c(C(C)=O)cn2[C@H](CO)C(C)C.COc1cc2c(cc1CCc1ccc(F)cc1F)c(=O)c(C(=O)O)cn2[C@H](CO)C(C)C.COc1nc2c(cc1CCc1c(F)cccc1F)c(=O)c(C(C)=O)cn2[C@H](CO)C(C)C. The molecule has 0 spiro atoms. The Morgan fingerprint density at radius 1 is 0.392 bits per heavy atom. The number of aliphatic hydroxyl groups excluding tert-OH is 4. The molecule has 0 fully saturated rings. The van der Waals surface area contributed by atoms with Crippen LogP contribution < -0.4 is 35.9 Å². The summed E-state index contributed by atoms with van der Waals surface area (Å²) in [6.07, 6.45) is 6.72. The van der Waals surface area contributed by atoms with Crippen LogP contribution in [0.5, 0.6) is 17.4 Å². The molecule has 0 aliphatic heterocycles. The van der Waals surface area contributed by atoms with Crippen molar-refractivity contribution in [1.82, 2.24) is 28.2 Å². The fraction of sp³-hybridized carbons (Fsp3) is 0.374. The van der Waals surface area contributed by atoms with Gasteiger partial charge in [-0.1, -0.05) is 87.9 Å². The molecule has 6 aromatic carbocycles. The van der Waals surface area contributed by atoms with Crippen LogP contribution in [0.2, 0.25) is 0 Å². The van der Waals surface area contributed by atoms with Gasteiger partial charge >= 0.3 is 5.97 Å². The van der Waals surface area contributed by atoms with Gasteiger partial charge in [-0.25, -0.2) is 49.3 Å². The number of halogens is 9. The first-order valence-electron chi connectivity index (χ1n) is 41.7. The smallest absolute Gasteiger partial charge is 0.341 e. The number of carboxylic acid groups (broad SMARTS) is 1. The first kappa shape index (κ1) is 103. The average molecular weight is 1810 g/mol. The average Bonchev–Trinajstić information content (AvgIpc) is 0.771. The number of carboxylic acids is 1. The first-order valence-corrected chi connectivity index (χ1v) is 41.7. The van der Waals surface area contributed by atoms with Crippen LogP contribution in [-0.2, 0) is 51.4 Å². The molecule has 0 saturated heterocycles. The highest BCUT2D eigenvalue weighted by Gasteiger charge is 2.32. The molecule has 0 amide bonds. The Labute approximate surface area is 745 Å². The maximum atomic E-state index is 14.1. The lowest BCUT2D eigenvalue weighted by Gasteiger charge is -2.32. The van der Waals surface area contributed by atoms with E-state index >= 15 is 0 Å². The summed E-state index contributed by atoms with van der Waals surface area (Å²) in [5, 5.41) is 50.3. The molecule has 0 unspecified atom stereocenters. The zero-order valence-corrected chi connectivity index (χ0v) is 74.5. The Morgan fingerprint density at radius 2 is 0.738 bits per heavy atom. The molecule has 12 rings (SSSR count). The van der Waals surface area contributed by atoms with Crippen molar-refractivity contribution in [2.75, 3.05) is 47.8 Å². The number of fused-ring (bicyclic) bond motifs is 4. The number of aliphatic hydroxyl groups is 4. The Bertz CT molecular complexity index is 6240. The van der Waals surface area contributed by atoms with E-state index in [0.717, 1.165) is 6.07 Å². The minimum atomic E-state index is -1.36. The Hall–Kier alpha value is -12.5. The lowest BCUT2D eigenvalue weighted by molar-refractivity contribution is 0.0692. The van der Waals surface area contributed by atoms with E-state index in [1.165, 1.54) is 115 Å². The summed E-state index contributed by atoms with van der Waals surface area (Å²) >= 11 is 0. The second kappa shape index (κ2) is 44.2.